The fraction of sp³-hybridized carbons (Fsp3) is 0.444. The highest BCUT2D eigenvalue weighted by molar-refractivity contribution is 7.91. The molecule has 160 valence electrons. The number of rotatable bonds is 7. The summed E-state index contributed by atoms with van der Waals surface area (Å²) in [5.41, 5.74) is -2.57. The van der Waals surface area contributed by atoms with Crippen LogP contribution in [0.1, 0.15) is 5.56 Å². The van der Waals surface area contributed by atoms with Crippen molar-refractivity contribution in [2.75, 3.05) is 37.8 Å². The number of sulfonamides is 1. The number of alkyl halides is 3. The van der Waals surface area contributed by atoms with Crippen molar-refractivity contribution in [2.24, 2.45) is 0 Å². The Kier molecular flexibility index (Phi) is 6.54. The van der Waals surface area contributed by atoms with Gasteiger partial charge >= 0.3 is 0 Å². The first-order chi connectivity index (χ1) is 13.7. The molecule has 1 aliphatic heterocycles. The molecule has 0 saturated carbocycles. The molecule has 29 heavy (non-hydrogen) atoms. The number of benzene rings is 1. The number of aliphatic hydroxyl groups is 2. The molecule has 6 nitrogen and oxygen atoms in total. The van der Waals surface area contributed by atoms with Crippen LogP contribution >= 0.6 is 11.3 Å². The van der Waals surface area contributed by atoms with E-state index in [-0.39, 0.29) is 36.0 Å². The number of piperazine rings is 1. The zero-order valence-electron chi connectivity index (χ0n) is 15.3. The molecule has 2 atom stereocenters. The zero-order chi connectivity index (χ0) is 21.2. The minimum absolute atomic E-state index is 0.0595. The van der Waals surface area contributed by atoms with Crippen molar-refractivity contribution in [3.63, 3.8) is 0 Å². The van der Waals surface area contributed by atoms with Crippen molar-refractivity contribution < 1.29 is 31.8 Å². The third-order valence-electron chi connectivity index (χ3n) is 5.01. The van der Waals surface area contributed by atoms with E-state index in [1.165, 1.54) is 34.6 Å². The molecular formula is C18H21F3N2O4S2. The molecule has 2 heterocycles. The van der Waals surface area contributed by atoms with Gasteiger partial charge in [0.25, 0.3) is 16.4 Å². The van der Waals surface area contributed by atoms with Crippen LogP contribution in [0.15, 0.2) is 46.0 Å². The van der Waals surface area contributed by atoms with E-state index >= 15 is 0 Å². The van der Waals surface area contributed by atoms with Crippen LogP contribution in [0.5, 0.6) is 0 Å². The summed E-state index contributed by atoms with van der Waals surface area (Å²) in [5, 5.41) is 21.3. The number of thiophene rings is 1. The molecule has 1 aromatic heterocycles. The molecule has 1 saturated heterocycles. The fourth-order valence-corrected chi connectivity index (χ4v) is 5.89. The van der Waals surface area contributed by atoms with Crippen LogP contribution in [0.3, 0.4) is 0 Å². The smallest absolute Gasteiger partial charge is 0.273 e. The van der Waals surface area contributed by atoms with Gasteiger partial charge in [-0.05, 0) is 29.1 Å². The minimum Gasteiger partial charge on any atom is -0.394 e. The summed E-state index contributed by atoms with van der Waals surface area (Å²) in [6.07, 6.45) is -3.28. The van der Waals surface area contributed by atoms with Gasteiger partial charge in [-0.25, -0.2) is 21.6 Å². The van der Waals surface area contributed by atoms with Gasteiger partial charge in [-0.1, -0.05) is 18.2 Å². The number of hydrogen-bond acceptors (Lipinski definition) is 6. The van der Waals surface area contributed by atoms with Crippen molar-refractivity contribution in [3.05, 3.63) is 47.3 Å². The third-order valence-corrected chi connectivity index (χ3v) is 8.25. The van der Waals surface area contributed by atoms with Crippen molar-refractivity contribution in [1.29, 1.82) is 0 Å². The van der Waals surface area contributed by atoms with E-state index in [4.69, 9.17) is 0 Å². The fourth-order valence-electron chi connectivity index (χ4n) is 3.28. The Morgan fingerprint density at radius 2 is 1.90 bits per heavy atom. The van der Waals surface area contributed by atoms with Crippen LogP contribution in [0, 0.1) is 0 Å². The predicted octanol–water partition coefficient (Wildman–Crippen LogP) is 2.04. The number of hydrogen-bond donors (Lipinski definition) is 2. The van der Waals surface area contributed by atoms with Crippen LogP contribution in [0.2, 0.25) is 0 Å². The average molecular weight is 451 g/mol. The predicted molar refractivity (Wildman–Crippen MR) is 104 cm³/mol. The van der Waals surface area contributed by atoms with E-state index in [1.54, 1.807) is 16.3 Å². The first-order valence-corrected chi connectivity index (χ1v) is 11.1. The molecule has 1 aliphatic rings. The largest absolute Gasteiger partial charge is 0.394 e. The van der Waals surface area contributed by atoms with Gasteiger partial charge in [-0.3, -0.25) is 0 Å². The standard InChI is InChI=1S/C18H21F3N2O4S2/c19-12-18(25,17(20)21)13-3-5-14(6-4-13)23-8-7-22(10-15(23)11-24)29(26,27)16-2-1-9-28-16/h1-6,9,15,17,24-25H,7-8,10-12H2/t15-,18?/m1/s1. The molecule has 3 rings (SSSR count). The molecule has 11 heteroatoms. The molecule has 0 radical (unpaired) electrons. The molecule has 1 fully saturated rings. The lowest BCUT2D eigenvalue weighted by Gasteiger charge is -2.41. The Balaban J connectivity index is 1.79. The van der Waals surface area contributed by atoms with Gasteiger partial charge < -0.3 is 15.1 Å². The van der Waals surface area contributed by atoms with E-state index in [2.05, 4.69) is 0 Å². The Hall–Kier alpha value is -1.66. The van der Waals surface area contributed by atoms with Crippen molar-refractivity contribution in [3.8, 4) is 0 Å². The third kappa shape index (κ3) is 4.15. The molecule has 0 aliphatic carbocycles. The van der Waals surface area contributed by atoms with E-state index in [9.17, 15) is 31.8 Å². The van der Waals surface area contributed by atoms with Crippen LogP contribution in [0.4, 0.5) is 18.9 Å². The van der Waals surface area contributed by atoms with Gasteiger partial charge in [0.05, 0.1) is 12.6 Å². The van der Waals surface area contributed by atoms with E-state index < -0.39 is 34.8 Å². The number of aliphatic hydroxyl groups excluding tert-OH is 1. The van der Waals surface area contributed by atoms with E-state index in [0.717, 1.165) is 11.3 Å². The Labute approximate surface area is 170 Å². The highest BCUT2D eigenvalue weighted by Gasteiger charge is 2.40. The van der Waals surface area contributed by atoms with Gasteiger partial charge in [0.1, 0.15) is 10.9 Å². The molecule has 0 spiro atoms. The normalized spacial score (nSPS) is 20.8. The lowest BCUT2D eigenvalue weighted by molar-refractivity contribution is -0.114. The van der Waals surface area contributed by atoms with Crippen LogP contribution in [0.25, 0.3) is 0 Å². The van der Waals surface area contributed by atoms with Crippen LogP contribution in [-0.4, -0.2) is 68.3 Å². The average Bonchev–Trinajstić information content (AvgIpc) is 3.28. The van der Waals surface area contributed by atoms with Crippen LogP contribution in [-0.2, 0) is 15.6 Å². The number of anilines is 1. The monoisotopic (exact) mass is 450 g/mol. The topological polar surface area (TPSA) is 81.1 Å². The maximum absolute atomic E-state index is 13.0. The zero-order valence-corrected chi connectivity index (χ0v) is 16.9. The lowest BCUT2D eigenvalue weighted by Crippen LogP contribution is -2.56. The number of halogens is 3. The first kappa shape index (κ1) is 22.0. The van der Waals surface area contributed by atoms with Gasteiger partial charge in [-0.15, -0.1) is 11.3 Å². The summed E-state index contributed by atoms with van der Waals surface area (Å²) in [4.78, 5) is 1.76. The molecule has 0 amide bonds. The second-order valence-corrected chi connectivity index (χ2v) is 9.84. The van der Waals surface area contributed by atoms with Gasteiger partial charge in [0, 0.05) is 25.3 Å². The van der Waals surface area contributed by atoms with Gasteiger partial charge in [-0.2, -0.15) is 4.31 Å². The highest BCUT2D eigenvalue weighted by atomic mass is 32.2. The summed E-state index contributed by atoms with van der Waals surface area (Å²) in [7, 11) is -3.65. The first-order valence-electron chi connectivity index (χ1n) is 8.82. The summed E-state index contributed by atoms with van der Waals surface area (Å²) in [6.45, 7) is -1.42. The van der Waals surface area contributed by atoms with E-state index in [0.29, 0.717) is 5.69 Å². The maximum Gasteiger partial charge on any atom is 0.273 e. The molecular weight excluding hydrogens is 429 g/mol. The second-order valence-electron chi connectivity index (χ2n) is 6.73. The van der Waals surface area contributed by atoms with Gasteiger partial charge in [0.2, 0.25) is 0 Å². The molecule has 0 bridgehead atoms. The molecule has 1 unspecified atom stereocenters. The van der Waals surface area contributed by atoms with Crippen LogP contribution < -0.4 is 4.90 Å². The highest BCUT2D eigenvalue weighted by Crippen LogP contribution is 2.32. The second kappa shape index (κ2) is 8.60. The SMILES string of the molecule is O=S(=O)(c1cccs1)N1CCN(c2ccc(C(O)(CF)C(F)F)cc2)[C@@H](CO)C1. The summed E-state index contributed by atoms with van der Waals surface area (Å²) in [6, 6.07) is 7.95. The maximum atomic E-state index is 13.0. The molecule has 2 N–H and O–H groups in total. The van der Waals surface area contributed by atoms with Crippen molar-refractivity contribution in [1.82, 2.24) is 4.31 Å². The van der Waals surface area contributed by atoms with Crippen molar-refractivity contribution >= 4 is 27.0 Å². The number of nitrogens with zero attached hydrogens (tertiary/aromatic N) is 2. The van der Waals surface area contributed by atoms with E-state index in [1.807, 2.05) is 0 Å². The summed E-state index contributed by atoms with van der Waals surface area (Å²) >= 11 is 1.12. The molecule has 1 aromatic carbocycles. The quantitative estimate of drug-likeness (QED) is 0.675. The lowest BCUT2D eigenvalue weighted by atomic mass is 9.95. The Morgan fingerprint density at radius 3 is 2.41 bits per heavy atom. The Morgan fingerprint density at radius 1 is 1.21 bits per heavy atom. The molecule has 2 aromatic rings. The minimum atomic E-state index is -3.65. The van der Waals surface area contributed by atoms with Crippen molar-refractivity contribution in [2.45, 2.75) is 22.3 Å². The van der Waals surface area contributed by atoms with Gasteiger partial charge in [0.15, 0.2) is 5.60 Å². The summed E-state index contributed by atoms with van der Waals surface area (Å²) in [5.74, 6) is 0. The summed E-state index contributed by atoms with van der Waals surface area (Å²) < 4.78 is 66.0. The Bertz CT molecular complexity index is 910.